The van der Waals surface area contributed by atoms with Crippen LogP contribution in [0.25, 0.3) is 0 Å². The highest BCUT2D eigenvalue weighted by molar-refractivity contribution is 5.20. The first-order chi connectivity index (χ1) is 6.79. The minimum absolute atomic E-state index is 0.744. The lowest BCUT2D eigenvalue weighted by Gasteiger charge is -2.23. The molecule has 0 spiro atoms. The Morgan fingerprint density at radius 3 is 2.43 bits per heavy atom. The lowest BCUT2D eigenvalue weighted by atomic mass is 9.82. The summed E-state index contributed by atoms with van der Waals surface area (Å²) in [6.45, 7) is 4.80. The molecule has 0 aromatic heterocycles. The number of hydrogen-bond acceptors (Lipinski definition) is 0. The summed E-state index contributed by atoms with van der Waals surface area (Å²) in [4.78, 5) is 0. The van der Waals surface area contributed by atoms with Crippen LogP contribution >= 0.6 is 0 Å². The normalized spacial score (nSPS) is 29.0. The standard InChI is InChI=1S/C14H20/c1-11-7-6-10-14(11)12(2)13-8-4-3-5-9-13/h3-5,8-9,11-12,14H,6-7,10H2,1-2H3/t11?,12-,14?/m1/s1. The Balaban J connectivity index is 2.12. The van der Waals surface area contributed by atoms with Crippen LogP contribution in [-0.2, 0) is 0 Å². The third-order valence-corrected chi connectivity index (χ3v) is 3.90. The Morgan fingerprint density at radius 1 is 1.14 bits per heavy atom. The maximum atomic E-state index is 2.41. The second kappa shape index (κ2) is 4.16. The highest BCUT2D eigenvalue weighted by Gasteiger charge is 2.28. The van der Waals surface area contributed by atoms with Crippen molar-refractivity contribution in [2.45, 2.75) is 39.0 Å². The van der Waals surface area contributed by atoms with Crippen molar-refractivity contribution in [1.29, 1.82) is 0 Å². The Labute approximate surface area is 87.3 Å². The summed E-state index contributed by atoms with van der Waals surface area (Å²) in [7, 11) is 0. The van der Waals surface area contributed by atoms with Crippen molar-refractivity contribution in [3.8, 4) is 0 Å². The van der Waals surface area contributed by atoms with Gasteiger partial charge >= 0.3 is 0 Å². The van der Waals surface area contributed by atoms with Crippen LogP contribution in [0.15, 0.2) is 30.3 Å². The van der Waals surface area contributed by atoms with Gasteiger partial charge in [-0.05, 0) is 29.7 Å². The third-order valence-electron chi connectivity index (χ3n) is 3.90. The zero-order chi connectivity index (χ0) is 9.97. The van der Waals surface area contributed by atoms with E-state index < -0.39 is 0 Å². The van der Waals surface area contributed by atoms with Crippen molar-refractivity contribution in [3.05, 3.63) is 35.9 Å². The van der Waals surface area contributed by atoms with Crippen LogP contribution in [0.1, 0.15) is 44.6 Å². The van der Waals surface area contributed by atoms with Crippen molar-refractivity contribution >= 4 is 0 Å². The van der Waals surface area contributed by atoms with E-state index in [0.29, 0.717) is 0 Å². The van der Waals surface area contributed by atoms with Crippen LogP contribution in [0.3, 0.4) is 0 Å². The molecule has 1 fully saturated rings. The molecule has 3 atom stereocenters. The molecule has 1 aliphatic rings. The fourth-order valence-electron chi connectivity index (χ4n) is 2.92. The van der Waals surface area contributed by atoms with Gasteiger partial charge in [0.15, 0.2) is 0 Å². The summed E-state index contributed by atoms with van der Waals surface area (Å²) in [5.74, 6) is 2.58. The van der Waals surface area contributed by atoms with Gasteiger partial charge in [0, 0.05) is 0 Å². The van der Waals surface area contributed by atoms with Gasteiger partial charge < -0.3 is 0 Å². The van der Waals surface area contributed by atoms with E-state index in [1.165, 1.54) is 24.8 Å². The van der Waals surface area contributed by atoms with E-state index in [0.717, 1.165) is 17.8 Å². The molecule has 0 aliphatic heterocycles. The molecule has 0 bridgehead atoms. The Hall–Kier alpha value is -0.780. The molecule has 1 aromatic rings. The van der Waals surface area contributed by atoms with E-state index in [4.69, 9.17) is 0 Å². The van der Waals surface area contributed by atoms with Crippen LogP contribution in [0.4, 0.5) is 0 Å². The molecule has 2 unspecified atom stereocenters. The van der Waals surface area contributed by atoms with E-state index in [9.17, 15) is 0 Å². The molecule has 0 amide bonds. The van der Waals surface area contributed by atoms with Gasteiger partial charge in [0.1, 0.15) is 0 Å². The van der Waals surface area contributed by atoms with Gasteiger partial charge in [-0.2, -0.15) is 0 Å². The van der Waals surface area contributed by atoms with Gasteiger partial charge in [0.05, 0.1) is 0 Å². The minimum atomic E-state index is 0.744. The summed E-state index contributed by atoms with van der Waals surface area (Å²) >= 11 is 0. The summed E-state index contributed by atoms with van der Waals surface area (Å²) in [6.07, 6.45) is 4.29. The van der Waals surface area contributed by atoms with Gasteiger partial charge in [-0.3, -0.25) is 0 Å². The lowest BCUT2D eigenvalue weighted by molar-refractivity contribution is 0.361. The quantitative estimate of drug-likeness (QED) is 0.651. The highest BCUT2D eigenvalue weighted by atomic mass is 14.3. The molecule has 1 aromatic carbocycles. The summed E-state index contributed by atoms with van der Waals surface area (Å²) in [6, 6.07) is 11.0. The molecule has 0 saturated heterocycles. The first-order valence-electron chi connectivity index (χ1n) is 5.84. The highest BCUT2D eigenvalue weighted by Crippen LogP contribution is 2.40. The van der Waals surface area contributed by atoms with Crippen LogP contribution in [0.5, 0.6) is 0 Å². The van der Waals surface area contributed by atoms with Crippen LogP contribution in [0, 0.1) is 11.8 Å². The molecule has 76 valence electrons. The van der Waals surface area contributed by atoms with E-state index >= 15 is 0 Å². The van der Waals surface area contributed by atoms with Crippen molar-refractivity contribution in [3.63, 3.8) is 0 Å². The maximum absolute atomic E-state index is 2.41. The summed E-state index contributed by atoms with van der Waals surface area (Å²) in [5.41, 5.74) is 1.52. The fraction of sp³-hybridized carbons (Fsp3) is 0.571. The molecule has 0 radical (unpaired) electrons. The SMILES string of the molecule is CC1CCCC1[C@H](C)c1ccccc1. The second-order valence-corrected chi connectivity index (χ2v) is 4.77. The first-order valence-corrected chi connectivity index (χ1v) is 5.84. The second-order valence-electron chi connectivity index (χ2n) is 4.77. The van der Waals surface area contributed by atoms with E-state index in [1.807, 2.05) is 0 Å². The van der Waals surface area contributed by atoms with Gasteiger partial charge in [0.25, 0.3) is 0 Å². The third kappa shape index (κ3) is 1.84. The molecule has 0 nitrogen and oxygen atoms in total. The van der Waals surface area contributed by atoms with Gasteiger partial charge in [-0.25, -0.2) is 0 Å². The Morgan fingerprint density at radius 2 is 1.86 bits per heavy atom. The number of hydrogen-bond donors (Lipinski definition) is 0. The monoisotopic (exact) mass is 188 g/mol. The fourth-order valence-corrected chi connectivity index (χ4v) is 2.92. The van der Waals surface area contributed by atoms with Crippen LogP contribution in [-0.4, -0.2) is 0 Å². The molecule has 1 saturated carbocycles. The molecular weight excluding hydrogens is 168 g/mol. The zero-order valence-corrected chi connectivity index (χ0v) is 9.24. The number of benzene rings is 1. The predicted molar refractivity (Wildman–Crippen MR) is 61.4 cm³/mol. The summed E-state index contributed by atoms with van der Waals surface area (Å²) < 4.78 is 0. The molecule has 1 aliphatic carbocycles. The van der Waals surface area contributed by atoms with Crippen LogP contribution in [0.2, 0.25) is 0 Å². The predicted octanol–water partition coefficient (Wildman–Crippen LogP) is 4.23. The average Bonchev–Trinajstić information content (AvgIpc) is 2.65. The van der Waals surface area contributed by atoms with E-state index in [1.54, 1.807) is 0 Å². The summed E-state index contributed by atoms with van der Waals surface area (Å²) in [5, 5.41) is 0. The Bertz CT molecular complexity index is 275. The van der Waals surface area contributed by atoms with E-state index in [-0.39, 0.29) is 0 Å². The Kier molecular flexibility index (Phi) is 2.90. The zero-order valence-electron chi connectivity index (χ0n) is 9.24. The minimum Gasteiger partial charge on any atom is -0.0622 e. The van der Waals surface area contributed by atoms with Gasteiger partial charge in [-0.1, -0.05) is 57.0 Å². The maximum Gasteiger partial charge on any atom is -0.0159 e. The largest absolute Gasteiger partial charge is 0.0622 e. The van der Waals surface area contributed by atoms with Crippen molar-refractivity contribution in [2.75, 3.05) is 0 Å². The molecule has 2 rings (SSSR count). The van der Waals surface area contributed by atoms with Crippen molar-refractivity contribution < 1.29 is 0 Å². The van der Waals surface area contributed by atoms with Gasteiger partial charge in [0.2, 0.25) is 0 Å². The molecule has 14 heavy (non-hydrogen) atoms. The molecule has 0 heterocycles. The smallest absolute Gasteiger partial charge is 0.0159 e. The number of rotatable bonds is 2. The van der Waals surface area contributed by atoms with E-state index in [2.05, 4.69) is 44.2 Å². The topological polar surface area (TPSA) is 0 Å². The first kappa shape index (κ1) is 9.76. The molecule has 0 N–H and O–H groups in total. The van der Waals surface area contributed by atoms with Crippen molar-refractivity contribution in [2.24, 2.45) is 11.8 Å². The molecule has 0 heteroatoms. The lowest BCUT2D eigenvalue weighted by Crippen LogP contribution is -2.12. The average molecular weight is 188 g/mol. The molecular formula is C14H20. The van der Waals surface area contributed by atoms with Crippen molar-refractivity contribution in [1.82, 2.24) is 0 Å². The van der Waals surface area contributed by atoms with Crippen LogP contribution < -0.4 is 0 Å². The van der Waals surface area contributed by atoms with Gasteiger partial charge in [-0.15, -0.1) is 0 Å².